The molecule has 1 saturated heterocycles. The van der Waals surface area contributed by atoms with Gasteiger partial charge in [-0.3, -0.25) is 0 Å². The van der Waals surface area contributed by atoms with Gasteiger partial charge < -0.3 is 20.3 Å². The Kier molecular flexibility index (Phi) is 5.08. The highest BCUT2D eigenvalue weighted by atomic mass is 19.1. The number of halogens is 2. The van der Waals surface area contributed by atoms with Crippen LogP contribution in [0.2, 0.25) is 0 Å². The second kappa shape index (κ2) is 7.43. The van der Waals surface area contributed by atoms with Gasteiger partial charge >= 0.3 is 6.09 Å². The first-order chi connectivity index (χ1) is 12.1. The van der Waals surface area contributed by atoms with Gasteiger partial charge in [0.1, 0.15) is 11.4 Å². The molecule has 134 valence electrons. The predicted molar refractivity (Wildman–Crippen MR) is 85.6 cm³/mol. The predicted octanol–water partition coefficient (Wildman–Crippen LogP) is 0.811. The molecular weight excluding hydrogens is 334 g/mol. The van der Waals surface area contributed by atoms with Crippen molar-refractivity contribution in [2.45, 2.75) is 6.54 Å². The van der Waals surface area contributed by atoms with Crippen molar-refractivity contribution in [3.63, 3.8) is 0 Å². The summed E-state index contributed by atoms with van der Waals surface area (Å²) in [6.45, 7) is 2.54. The van der Waals surface area contributed by atoms with E-state index in [1.165, 1.54) is 30.1 Å². The van der Waals surface area contributed by atoms with Gasteiger partial charge in [-0.25, -0.2) is 18.3 Å². The van der Waals surface area contributed by atoms with Gasteiger partial charge in [-0.1, -0.05) is 5.21 Å². The van der Waals surface area contributed by atoms with Crippen molar-refractivity contribution in [2.24, 2.45) is 0 Å². The molecule has 0 radical (unpaired) electrons. The monoisotopic (exact) mass is 352 g/mol. The van der Waals surface area contributed by atoms with Crippen LogP contribution in [-0.2, 0) is 11.3 Å². The molecule has 0 saturated carbocycles. The lowest BCUT2D eigenvalue weighted by Gasteiger charge is -2.30. The topological polar surface area (TPSA) is 84.3 Å². The molecule has 8 nitrogen and oxygen atoms in total. The average Bonchev–Trinajstić information content (AvgIpc) is 3.09. The van der Waals surface area contributed by atoms with Crippen molar-refractivity contribution < 1.29 is 18.3 Å². The summed E-state index contributed by atoms with van der Waals surface area (Å²) in [5, 5.41) is 13.3. The molecule has 1 aromatic heterocycles. The summed E-state index contributed by atoms with van der Waals surface area (Å²) in [6, 6.07) is 2.43. The Morgan fingerprint density at radius 2 is 2.00 bits per heavy atom. The van der Waals surface area contributed by atoms with Crippen molar-refractivity contribution in [1.82, 2.24) is 25.6 Å². The van der Waals surface area contributed by atoms with Gasteiger partial charge in [-0.2, -0.15) is 0 Å². The van der Waals surface area contributed by atoms with Crippen molar-refractivity contribution in [3.8, 4) is 5.69 Å². The number of anilines is 1. The molecule has 1 aliphatic rings. The molecule has 1 fully saturated rings. The van der Waals surface area contributed by atoms with Gasteiger partial charge in [-0.05, 0) is 0 Å². The summed E-state index contributed by atoms with van der Waals surface area (Å²) in [5.74, 6) is -1.30. The van der Waals surface area contributed by atoms with Crippen molar-refractivity contribution in [3.05, 3.63) is 35.7 Å². The van der Waals surface area contributed by atoms with Crippen molar-refractivity contribution in [2.75, 3.05) is 38.2 Å². The van der Waals surface area contributed by atoms with E-state index >= 15 is 0 Å². The maximum absolute atomic E-state index is 14.5. The first kappa shape index (κ1) is 17.1. The summed E-state index contributed by atoms with van der Waals surface area (Å²) >= 11 is 0. The summed E-state index contributed by atoms with van der Waals surface area (Å²) in [5.41, 5.74) is 0.612. The van der Waals surface area contributed by atoms with Crippen LogP contribution in [0.5, 0.6) is 0 Å². The van der Waals surface area contributed by atoms with Gasteiger partial charge in [0.25, 0.3) is 0 Å². The minimum Gasteiger partial charge on any atom is -0.453 e. The molecule has 1 amide bonds. The van der Waals surface area contributed by atoms with Crippen LogP contribution in [0.25, 0.3) is 5.69 Å². The van der Waals surface area contributed by atoms with E-state index in [2.05, 4.69) is 25.7 Å². The number of ether oxygens (including phenoxy) is 1. The number of hydrogen-bond acceptors (Lipinski definition) is 6. The average molecular weight is 352 g/mol. The fourth-order valence-electron chi connectivity index (χ4n) is 2.62. The van der Waals surface area contributed by atoms with Crippen LogP contribution in [0.3, 0.4) is 0 Å². The molecular formula is C15H18F2N6O2. The third-order valence-electron chi connectivity index (χ3n) is 3.84. The van der Waals surface area contributed by atoms with Gasteiger partial charge in [0.05, 0.1) is 25.5 Å². The van der Waals surface area contributed by atoms with Crippen LogP contribution in [0, 0.1) is 11.6 Å². The van der Waals surface area contributed by atoms with E-state index < -0.39 is 17.7 Å². The van der Waals surface area contributed by atoms with Crippen LogP contribution >= 0.6 is 0 Å². The minimum atomic E-state index is -0.651. The van der Waals surface area contributed by atoms with E-state index in [0.29, 0.717) is 31.9 Å². The number of carbonyl (C=O) groups excluding carboxylic acids is 1. The molecule has 2 heterocycles. The van der Waals surface area contributed by atoms with Crippen LogP contribution in [0.15, 0.2) is 18.3 Å². The first-order valence-electron chi connectivity index (χ1n) is 7.76. The molecule has 0 atom stereocenters. The molecule has 2 N–H and O–H groups in total. The Morgan fingerprint density at radius 3 is 2.64 bits per heavy atom. The van der Waals surface area contributed by atoms with E-state index in [-0.39, 0.29) is 17.9 Å². The number of methoxy groups -OCH3 is 1. The number of benzene rings is 1. The van der Waals surface area contributed by atoms with Crippen LogP contribution in [0.1, 0.15) is 5.69 Å². The zero-order valence-electron chi connectivity index (χ0n) is 13.6. The van der Waals surface area contributed by atoms with E-state index in [9.17, 15) is 13.6 Å². The quantitative estimate of drug-likeness (QED) is 0.847. The van der Waals surface area contributed by atoms with Gasteiger partial charge in [0, 0.05) is 38.3 Å². The smallest absolute Gasteiger partial charge is 0.407 e. The highest BCUT2D eigenvalue weighted by Gasteiger charge is 2.20. The van der Waals surface area contributed by atoms with E-state index in [1.807, 2.05) is 0 Å². The minimum absolute atomic E-state index is 0.0297. The van der Waals surface area contributed by atoms with Crippen molar-refractivity contribution >= 4 is 11.8 Å². The Morgan fingerprint density at radius 1 is 1.32 bits per heavy atom. The van der Waals surface area contributed by atoms with Gasteiger partial charge in [-0.15, -0.1) is 5.10 Å². The molecule has 3 rings (SSSR count). The zero-order valence-corrected chi connectivity index (χ0v) is 13.6. The van der Waals surface area contributed by atoms with E-state index in [0.717, 1.165) is 0 Å². The van der Waals surface area contributed by atoms with E-state index in [4.69, 9.17) is 0 Å². The SMILES string of the molecule is COC(=O)NCc1cn(-c2cc(F)c(N3CCNCC3)c(F)c2)nn1. The molecule has 10 heteroatoms. The number of rotatable bonds is 4. The third-order valence-corrected chi connectivity index (χ3v) is 3.84. The highest BCUT2D eigenvalue weighted by molar-refractivity contribution is 5.66. The Labute approximate surface area is 142 Å². The molecule has 25 heavy (non-hydrogen) atoms. The molecule has 1 aromatic carbocycles. The summed E-state index contributed by atoms with van der Waals surface area (Å²) in [4.78, 5) is 12.7. The van der Waals surface area contributed by atoms with Crippen LogP contribution in [-0.4, -0.2) is 54.4 Å². The van der Waals surface area contributed by atoms with Crippen LogP contribution in [0.4, 0.5) is 19.3 Å². The number of nitrogens with one attached hydrogen (secondary N) is 2. The lowest BCUT2D eigenvalue weighted by atomic mass is 10.2. The van der Waals surface area contributed by atoms with Gasteiger partial charge in [0.15, 0.2) is 11.6 Å². The lowest BCUT2D eigenvalue weighted by Crippen LogP contribution is -2.44. The number of amides is 1. The molecule has 0 aliphatic carbocycles. The second-order valence-electron chi connectivity index (χ2n) is 5.49. The van der Waals surface area contributed by atoms with Crippen molar-refractivity contribution in [1.29, 1.82) is 0 Å². The summed E-state index contributed by atoms with van der Waals surface area (Å²) in [6.07, 6.45) is 0.876. The largest absolute Gasteiger partial charge is 0.453 e. The fourth-order valence-corrected chi connectivity index (χ4v) is 2.62. The normalized spacial score (nSPS) is 14.4. The third kappa shape index (κ3) is 3.85. The number of nitrogens with zero attached hydrogens (tertiary/aromatic N) is 4. The molecule has 2 aromatic rings. The summed E-state index contributed by atoms with van der Waals surface area (Å²) in [7, 11) is 1.25. The highest BCUT2D eigenvalue weighted by Crippen LogP contribution is 2.26. The Balaban J connectivity index is 1.79. The zero-order chi connectivity index (χ0) is 17.8. The standard InChI is InChI=1S/C15H18F2N6O2/c1-25-15(24)19-8-10-9-23(21-20-10)11-6-12(16)14(13(17)7-11)22-4-2-18-3-5-22/h6-7,9,18H,2-5,8H2,1H3,(H,19,24). The Bertz CT molecular complexity index is 737. The summed E-state index contributed by atoms with van der Waals surface area (Å²) < 4.78 is 34.6. The molecule has 1 aliphatic heterocycles. The number of aromatic nitrogens is 3. The maximum Gasteiger partial charge on any atom is 0.407 e. The molecule has 0 spiro atoms. The van der Waals surface area contributed by atoms with Crippen LogP contribution < -0.4 is 15.5 Å². The second-order valence-corrected chi connectivity index (χ2v) is 5.49. The number of piperazine rings is 1. The fraction of sp³-hybridized carbons (Fsp3) is 0.400. The van der Waals surface area contributed by atoms with Gasteiger partial charge in [0.2, 0.25) is 0 Å². The molecule has 0 unspecified atom stereocenters. The maximum atomic E-state index is 14.5. The lowest BCUT2D eigenvalue weighted by molar-refractivity contribution is 0.170. The Hall–Kier alpha value is -2.75. The number of hydrogen-bond donors (Lipinski definition) is 2. The number of carbonyl (C=O) groups is 1. The molecule has 0 bridgehead atoms. The first-order valence-corrected chi connectivity index (χ1v) is 7.76. The van der Waals surface area contributed by atoms with E-state index in [1.54, 1.807) is 4.90 Å². The number of alkyl carbamates (subject to hydrolysis) is 1.